The van der Waals surface area contributed by atoms with Crippen LogP contribution in [0.15, 0.2) is 29.4 Å². The van der Waals surface area contributed by atoms with Gasteiger partial charge in [-0.1, -0.05) is 55.8 Å². The first-order valence-corrected chi connectivity index (χ1v) is 11.3. The molecule has 31 heavy (non-hydrogen) atoms. The highest BCUT2D eigenvalue weighted by molar-refractivity contribution is 7.88. The number of carbonyl (C=O) groups excluding carboxylic acids is 1. The molecule has 1 heterocycles. The van der Waals surface area contributed by atoms with Crippen LogP contribution in [0.3, 0.4) is 0 Å². The second-order valence-electron chi connectivity index (χ2n) is 9.61. The number of hydrogen-bond donors (Lipinski definition) is 0. The zero-order valence-corrected chi connectivity index (χ0v) is 18.7. The van der Waals surface area contributed by atoms with Crippen molar-refractivity contribution in [1.82, 2.24) is 4.90 Å². The van der Waals surface area contributed by atoms with E-state index in [9.17, 15) is 27.3 Å². The summed E-state index contributed by atoms with van der Waals surface area (Å²) in [5, 5.41) is 7.47. The molecule has 1 aromatic carbocycles. The average Bonchev–Trinajstić information content (AvgIpc) is 2.91. The molecular formula is C21H25F2N3O4S. The van der Waals surface area contributed by atoms with Crippen molar-refractivity contribution in [3.8, 4) is 6.07 Å². The Morgan fingerprint density at radius 3 is 2.45 bits per heavy atom. The van der Waals surface area contributed by atoms with E-state index in [-0.39, 0.29) is 22.9 Å². The Bertz CT molecular complexity index is 1060. The summed E-state index contributed by atoms with van der Waals surface area (Å²) in [5.41, 5.74) is 0.0801. The lowest BCUT2D eigenvalue weighted by Crippen LogP contribution is -2.50. The van der Waals surface area contributed by atoms with Gasteiger partial charge in [-0.05, 0) is 37.0 Å². The van der Waals surface area contributed by atoms with Crippen molar-refractivity contribution in [2.24, 2.45) is 16.0 Å². The Morgan fingerprint density at radius 1 is 1.26 bits per heavy atom. The number of nitriles is 1. The zero-order valence-electron chi connectivity index (χ0n) is 17.9. The van der Waals surface area contributed by atoms with E-state index in [0.717, 1.165) is 16.9 Å². The number of nitrogens with zero attached hydrogens (tertiary/aromatic N) is 3. The number of hydrogen-bond acceptors (Lipinski definition) is 6. The molecule has 3 rings (SSSR count). The summed E-state index contributed by atoms with van der Waals surface area (Å²) in [5.74, 6) is -1.82. The largest absolute Gasteiger partial charge is 0.459 e. The number of carbonyl (C=O) groups is 1. The number of benzene rings is 1. The van der Waals surface area contributed by atoms with E-state index in [1.54, 1.807) is 25.1 Å². The minimum Gasteiger partial charge on any atom is -0.333 e. The molecule has 2 bridgehead atoms. The van der Waals surface area contributed by atoms with Gasteiger partial charge in [-0.15, -0.1) is 0 Å². The minimum atomic E-state index is -5.76. The summed E-state index contributed by atoms with van der Waals surface area (Å²) in [4.78, 5) is 13.6. The van der Waals surface area contributed by atoms with Crippen LogP contribution in [0.4, 0.5) is 8.78 Å². The molecule has 0 spiro atoms. The number of aryl methyl sites for hydroxylation is 1. The standard InChI is InChI=1S/C21H25F2N3O4S/c1-14-5-7-15(8-6-14)17(11-24)25-30-31(28,29)21(22,23)18(27)26-13-20(4)10-16(26)9-19(2,3)12-20/h5-8,16H,9-10,12-13H2,1-4H3. The molecule has 2 aliphatic rings. The lowest BCUT2D eigenvalue weighted by atomic mass is 9.65. The average molecular weight is 454 g/mol. The van der Waals surface area contributed by atoms with Crippen LogP contribution >= 0.6 is 0 Å². The second kappa shape index (κ2) is 7.55. The molecule has 1 saturated heterocycles. The zero-order chi connectivity index (χ0) is 23.2. The van der Waals surface area contributed by atoms with Crippen LogP contribution < -0.4 is 0 Å². The fourth-order valence-electron chi connectivity index (χ4n) is 4.95. The number of halogens is 2. The van der Waals surface area contributed by atoms with Crippen LogP contribution in [0.25, 0.3) is 0 Å². The number of amides is 1. The van der Waals surface area contributed by atoms with Crippen molar-refractivity contribution >= 4 is 21.7 Å². The predicted octanol–water partition coefficient (Wildman–Crippen LogP) is 3.59. The Morgan fingerprint density at radius 2 is 1.87 bits per heavy atom. The molecule has 7 nitrogen and oxygen atoms in total. The number of alkyl halides is 2. The molecule has 10 heteroatoms. The quantitative estimate of drug-likeness (QED) is 0.501. The van der Waals surface area contributed by atoms with Gasteiger partial charge >= 0.3 is 21.3 Å². The number of rotatable bonds is 5. The highest BCUT2D eigenvalue weighted by atomic mass is 32.2. The van der Waals surface area contributed by atoms with Gasteiger partial charge in [0.25, 0.3) is 0 Å². The molecule has 0 radical (unpaired) electrons. The molecule has 2 fully saturated rings. The van der Waals surface area contributed by atoms with Gasteiger partial charge in [0, 0.05) is 18.2 Å². The minimum absolute atomic E-state index is 0.0567. The number of fused-ring (bicyclic) bond motifs is 2. The van der Waals surface area contributed by atoms with Crippen molar-refractivity contribution in [2.45, 2.75) is 58.3 Å². The molecule has 1 saturated carbocycles. The van der Waals surface area contributed by atoms with Gasteiger partial charge in [0.15, 0.2) is 5.71 Å². The van der Waals surface area contributed by atoms with Gasteiger partial charge in [-0.3, -0.25) is 9.08 Å². The Balaban J connectivity index is 1.82. The van der Waals surface area contributed by atoms with Gasteiger partial charge in [0.1, 0.15) is 6.07 Å². The fourth-order valence-corrected chi connectivity index (χ4v) is 5.55. The summed E-state index contributed by atoms with van der Waals surface area (Å²) in [6.45, 7) is 7.79. The van der Waals surface area contributed by atoms with Crippen LogP contribution in [-0.4, -0.2) is 42.8 Å². The summed E-state index contributed by atoms with van der Waals surface area (Å²) in [7, 11) is -5.76. The van der Waals surface area contributed by atoms with Crippen LogP contribution in [0.5, 0.6) is 0 Å². The van der Waals surface area contributed by atoms with Gasteiger partial charge in [0.05, 0.1) is 0 Å². The third-order valence-corrected chi connectivity index (χ3v) is 6.97. The smallest absolute Gasteiger partial charge is 0.333 e. The van der Waals surface area contributed by atoms with E-state index < -0.39 is 33.0 Å². The van der Waals surface area contributed by atoms with Crippen molar-refractivity contribution in [1.29, 1.82) is 5.26 Å². The summed E-state index contributed by atoms with van der Waals surface area (Å²) >= 11 is 0. The van der Waals surface area contributed by atoms with Crippen LogP contribution in [0, 0.1) is 29.1 Å². The monoisotopic (exact) mass is 453 g/mol. The van der Waals surface area contributed by atoms with Crippen molar-refractivity contribution in [3.05, 3.63) is 35.4 Å². The predicted molar refractivity (Wildman–Crippen MR) is 110 cm³/mol. The van der Waals surface area contributed by atoms with Gasteiger partial charge in [-0.25, -0.2) is 0 Å². The molecule has 2 atom stereocenters. The molecule has 2 unspecified atom stereocenters. The highest BCUT2D eigenvalue weighted by Crippen LogP contribution is 2.53. The molecule has 1 aliphatic heterocycles. The van der Waals surface area contributed by atoms with Crippen molar-refractivity contribution in [3.63, 3.8) is 0 Å². The Labute approximate surface area is 180 Å². The molecule has 0 N–H and O–H groups in total. The van der Waals surface area contributed by atoms with E-state index in [0.29, 0.717) is 12.8 Å². The maximum Gasteiger partial charge on any atom is 0.459 e. The summed E-state index contributed by atoms with van der Waals surface area (Å²) < 4.78 is 58.1. The van der Waals surface area contributed by atoms with E-state index in [4.69, 9.17) is 0 Å². The van der Waals surface area contributed by atoms with Crippen molar-refractivity contribution in [2.75, 3.05) is 6.54 Å². The fraction of sp³-hybridized carbons (Fsp3) is 0.571. The molecule has 168 valence electrons. The van der Waals surface area contributed by atoms with Crippen LogP contribution in [0.1, 0.15) is 51.2 Å². The number of oxime groups is 1. The Hall–Kier alpha value is -2.54. The lowest BCUT2D eigenvalue weighted by molar-refractivity contribution is -0.149. The molecule has 1 aromatic rings. The molecular weight excluding hydrogens is 428 g/mol. The van der Waals surface area contributed by atoms with Crippen molar-refractivity contribution < 1.29 is 26.3 Å². The molecule has 1 aliphatic carbocycles. The maximum atomic E-state index is 14.8. The SMILES string of the molecule is Cc1ccc(C(C#N)=NOS(=O)(=O)C(F)(F)C(=O)N2CC3(C)CC2CC(C)(C)C3)cc1. The van der Waals surface area contributed by atoms with Gasteiger partial charge < -0.3 is 4.90 Å². The third kappa shape index (κ3) is 4.42. The van der Waals surface area contributed by atoms with E-state index in [1.165, 1.54) is 12.1 Å². The maximum absolute atomic E-state index is 14.8. The topological polar surface area (TPSA) is 99.8 Å². The van der Waals surface area contributed by atoms with Crippen LogP contribution in [-0.2, 0) is 19.2 Å². The highest BCUT2D eigenvalue weighted by Gasteiger charge is 2.62. The number of likely N-dealkylation sites (tertiary alicyclic amines) is 1. The second-order valence-corrected chi connectivity index (χ2v) is 11.2. The molecule has 1 amide bonds. The van der Waals surface area contributed by atoms with E-state index >= 15 is 0 Å². The summed E-state index contributed by atoms with van der Waals surface area (Å²) in [6.07, 6.45) is 1.81. The first-order valence-electron chi connectivity index (χ1n) is 9.87. The van der Waals surface area contributed by atoms with Crippen LogP contribution in [0.2, 0.25) is 0 Å². The normalized spacial score (nSPS) is 25.8. The van der Waals surface area contributed by atoms with Gasteiger partial charge in [-0.2, -0.15) is 22.5 Å². The van der Waals surface area contributed by atoms with E-state index in [1.807, 2.05) is 20.8 Å². The molecule has 0 aromatic heterocycles. The first kappa shape index (κ1) is 23.1. The first-order chi connectivity index (χ1) is 14.2. The Kier molecular flexibility index (Phi) is 5.63. The van der Waals surface area contributed by atoms with E-state index in [2.05, 4.69) is 9.44 Å². The summed E-state index contributed by atoms with van der Waals surface area (Å²) in [6, 6.07) is 7.38. The van der Waals surface area contributed by atoms with Gasteiger partial charge in [0.2, 0.25) is 0 Å². The third-order valence-electron chi connectivity index (χ3n) is 5.90. The lowest BCUT2D eigenvalue weighted by Gasteiger charge is -2.39.